The molecule has 142 valence electrons. The van der Waals surface area contributed by atoms with Gasteiger partial charge in [-0.05, 0) is 53.6 Å². The minimum absolute atomic E-state index is 0.243. The predicted octanol–water partition coefficient (Wildman–Crippen LogP) is 6.72. The number of halogens is 1. The maximum atomic E-state index is 6.09. The molecule has 5 heteroatoms. The van der Waals surface area contributed by atoms with E-state index in [1.165, 1.54) is 10.5 Å². The van der Waals surface area contributed by atoms with Gasteiger partial charge in [0.2, 0.25) is 0 Å². The zero-order chi connectivity index (χ0) is 19.5. The van der Waals surface area contributed by atoms with E-state index >= 15 is 0 Å². The van der Waals surface area contributed by atoms with Crippen LogP contribution in [0, 0.1) is 0 Å². The van der Waals surface area contributed by atoms with Crippen LogP contribution >= 0.6 is 23.4 Å². The van der Waals surface area contributed by atoms with Crippen molar-refractivity contribution in [2.24, 2.45) is 4.99 Å². The Morgan fingerprint density at radius 2 is 1.68 bits per heavy atom. The van der Waals surface area contributed by atoms with E-state index in [4.69, 9.17) is 26.1 Å². The lowest BCUT2D eigenvalue weighted by Crippen LogP contribution is -2.06. The average Bonchev–Trinajstić information content (AvgIpc) is 2.93. The number of nitrogens with zero attached hydrogens (tertiary/aromatic N) is 1. The van der Waals surface area contributed by atoms with Gasteiger partial charge in [-0.2, -0.15) is 0 Å². The number of hydrogen-bond acceptors (Lipinski definition) is 4. The monoisotopic (exact) mass is 409 g/mol. The van der Waals surface area contributed by atoms with Gasteiger partial charge in [0.05, 0.1) is 19.9 Å². The van der Waals surface area contributed by atoms with Gasteiger partial charge in [-0.25, -0.2) is 0 Å². The number of methoxy groups -OCH3 is 2. The van der Waals surface area contributed by atoms with E-state index in [-0.39, 0.29) is 5.25 Å². The van der Waals surface area contributed by atoms with Crippen molar-refractivity contribution in [3.05, 3.63) is 82.9 Å². The summed E-state index contributed by atoms with van der Waals surface area (Å²) in [6.45, 7) is 0. The number of para-hydroxylation sites is 1. The van der Waals surface area contributed by atoms with Gasteiger partial charge < -0.3 is 9.47 Å². The first-order valence-electron chi connectivity index (χ1n) is 8.99. The molecule has 1 heterocycles. The lowest BCUT2D eigenvalue weighted by molar-refractivity contribution is 0.355. The topological polar surface area (TPSA) is 30.8 Å². The lowest BCUT2D eigenvalue weighted by atomic mass is 10.0. The van der Waals surface area contributed by atoms with Crippen LogP contribution in [0.4, 0.5) is 5.69 Å². The second-order valence-corrected chi connectivity index (χ2v) is 8.14. The molecule has 3 aromatic rings. The Bertz CT molecular complexity index is 1020. The van der Waals surface area contributed by atoms with Gasteiger partial charge in [-0.3, -0.25) is 4.99 Å². The fraction of sp³-hybridized carbons (Fsp3) is 0.174. The minimum atomic E-state index is 0.243. The van der Waals surface area contributed by atoms with E-state index in [9.17, 15) is 0 Å². The van der Waals surface area contributed by atoms with Crippen LogP contribution in [0.2, 0.25) is 5.02 Å². The molecule has 0 fully saturated rings. The third-order valence-electron chi connectivity index (χ3n) is 4.73. The highest BCUT2D eigenvalue weighted by molar-refractivity contribution is 7.99. The van der Waals surface area contributed by atoms with Crippen LogP contribution in [0.5, 0.6) is 11.5 Å². The SMILES string of the molecule is COc1ccc(C2=Nc3ccccc3S[C@H](c3ccc(Cl)cc3)C2)cc1OC. The van der Waals surface area contributed by atoms with E-state index in [0.29, 0.717) is 11.5 Å². The Balaban J connectivity index is 1.79. The molecule has 0 unspecified atom stereocenters. The zero-order valence-corrected chi connectivity index (χ0v) is 17.3. The molecule has 0 bridgehead atoms. The Morgan fingerprint density at radius 3 is 2.43 bits per heavy atom. The van der Waals surface area contributed by atoms with Crippen molar-refractivity contribution in [3.63, 3.8) is 0 Å². The number of benzene rings is 3. The van der Waals surface area contributed by atoms with Crippen LogP contribution in [-0.2, 0) is 0 Å². The average molecular weight is 410 g/mol. The molecule has 0 saturated carbocycles. The lowest BCUT2D eigenvalue weighted by Gasteiger charge is -2.17. The number of aliphatic imine (C=N–C) groups is 1. The molecule has 0 saturated heterocycles. The maximum Gasteiger partial charge on any atom is 0.161 e. The van der Waals surface area contributed by atoms with Crippen molar-refractivity contribution in [1.29, 1.82) is 0 Å². The van der Waals surface area contributed by atoms with E-state index in [2.05, 4.69) is 30.3 Å². The minimum Gasteiger partial charge on any atom is -0.493 e. The molecule has 0 spiro atoms. The summed E-state index contributed by atoms with van der Waals surface area (Å²) in [4.78, 5) is 6.19. The largest absolute Gasteiger partial charge is 0.493 e. The second kappa shape index (κ2) is 8.29. The third-order valence-corrected chi connectivity index (χ3v) is 6.30. The quantitative estimate of drug-likeness (QED) is 0.479. The summed E-state index contributed by atoms with van der Waals surface area (Å²) in [5.74, 6) is 1.42. The predicted molar refractivity (Wildman–Crippen MR) is 117 cm³/mol. The van der Waals surface area contributed by atoms with Gasteiger partial charge in [0.15, 0.2) is 11.5 Å². The summed E-state index contributed by atoms with van der Waals surface area (Å²) in [7, 11) is 3.29. The first kappa shape index (κ1) is 18.9. The first-order chi connectivity index (χ1) is 13.7. The molecule has 0 amide bonds. The maximum absolute atomic E-state index is 6.09. The van der Waals surface area contributed by atoms with E-state index < -0.39 is 0 Å². The van der Waals surface area contributed by atoms with Gasteiger partial charge in [-0.1, -0.05) is 35.9 Å². The second-order valence-electron chi connectivity index (χ2n) is 6.46. The first-order valence-corrected chi connectivity index (χ1v) is 10.2. The van der Waals surface area contributed by atoms with Crippen molar-refractivity contribution >= 4 is 34.8 Å². The number of fused-ring (bicyclic) bond motifs is 1. The van der Waals surface area contributed by atoms with Gasteiger partial charge in [0.25, 0.3) is 0 Å². The summed E-state index contributed by atoms with van der Waals surface area (Å²) < 4.78 is 10.9. The molecule has 0 N–H and O–H groups in total. The van der Waals surface area contributed by atoms with Gasteiger partial charge in [-0.15, -0.1) is 11.8 Å². The zero-order valence-electron chi connectivity index (χ0n) is 15.7. The molecule has 3 aromatic carbocycles. The number of hydrogen-bond donors (Lipinski definition) is 0. The summed E-state index contributed by atoms with van der Waals surface area (Å²) in [6.07, 6.45) is 0.802. The molecule has 0 aromatic heterocycles. The summed E-state index contributed by atoms with van der Waals surface area (Å²) in [5, 5.41) is 0.990. The molecule has 1 aliphatic rings. The van der Waals surface area contributed by atoms with Crippen LogP contribution in [-0.4, -0.2) is 19.9 Å². The molecule has 0 aliphatic carbocycles. The fourth-order valence-electron chi connectivity index (χ4n) is 3.27. The van der Waals surface area contributed by atoms with Crippen molar-refractivity contribution in [3.8, 4) is 11.5 Å². The Hall–Kier alpha value is -2.43. The molecular formula is C23H20ClNO2S. The van der Waals surface area contributed by atoms with E-state index in [1.54, 1.807) is 14.2 Å². The van der Waals surface area contributed by atoms with Crippen molar-refractivity contribution < 1.29 is 9.47 Å². The van der Waals surface area contributed by atoms with Crippen molar-refractivity contribution in [2.45, 2.75) is 16.6 Å². The van der Waals surface area contributed by atoms with Gasteiger partial charge in [0.1, 0.15) is 0 Å². The van der Waals surface area contributed by atoms with Crippen LogP contribution in [0.1, 0.15) is 22.8 Å². The molecular weight excluding hydrogens is 390 g/mol. The Labute approximate surface area is 174 Å². The number of thioether (sulfide) groups is 1. The summed E-state index contributed by atoms with van der Waals surface area (Å²) in [6, 6.07) is 22.3. The fourth-order valence-corrected chi connectivity index (χ4v) is 4.63. The Kier molecular flexibility index (Phi) is 5.60. The number of ether oxygens (including phenoxy) is 2. The molecule has 3 nitrogen and oxygen atoms in total. The van der Waals surface area contributed by atoms with E-state index in [1.807, 2.05) is 48.2 Å². The van der Waals surface area contributed by atoms with Crippen LogP contribution in [0.15, 0.2) is 76.6 Å². The Morgan fingerprint density at radius 1 is 0.929 bits per heavy atom. The molecule has 1 atom stereocenters. The van der Waals surface area contributed by atoms with Crippen LogP contribution in [0.3, 0.4) is 0 Å². The molecule has 28 heavy (non-hydrogen) atoms. The van der Waals surface area contributed by atoms with Crippen LogP contribution < -0.4 is 9.47 Å². The highest BCUT2D eigenvalue weighted by Gasteiger charge is 2.23. The molecule has 4 rings (SSSR count). The van der Waals surface area contributed by atoms with E-state index in [0.717, 1.165) is 28.4 Å². The van der Waals surface area contributed by atoms with Gasteiger partial charge >= 0.3 is 0 Å². The van der Waals surface area contributed by atoms with Crippen LogP contribution in [0.25, 0.3) is 0 Å². The van der Waals surface area contributed by atoms with Crippen molar-refractivity contribution in [2.75, 3.05) is 14.2 Å². The number of rotatable bonds is 4. The summed E-state index contributed by atoms with van der Waals surface area (Å²) >= 11 is 7.93. The van der Waals surface area contributed by atoms with Crippen molar-refractivity contribution in [1.82, 2.24) is 0 Å². The highest BCUT2D eigenvalue weighted by atomic mass is 35.5. The third kappa shape index (κ3) is 3.89. The highest BCUT2D eigenvalue weighted by Crippen LogP contribution is 2.46. The smallest absolute Gasteiger partial charge is 0.161 e. The standard InChI is InChI=1S/C23H20ClNO2S/c1-26-20-12-9-16(13-21(20)27-2)19-14-23(15-7-10-17(24)11-8-15)28-22-6-4-3-5-18(22)25-19/h3-13,23H,14H2,1-2H3/t23-/m0/s1. The summed E-state index contributed by atoms with van der Waals surface area (Å²) in [5.41, 5.74) is 4.29. The molecule has 1 aliphatic heterocycles. The molecule has 0 radical (unpaired) electrons. The van der Waals surface area contributed by atoms with Gasteiger partial charge in [0, 0.05) is 27.3 Å². The normalized spacial score (nSPS) is 16.0.